The number of anilines is 2. The highest BCUT2D eigenvalue weighted by molar-refractivity contribution is 5.37. The molecule has 0 aliphatic heterocycles. The van der Waals surface area contributed by atoms with Crippen molar-refractivity contribution in [2.75, 3.05) is 11.1 Å². The van der Waals surface area contributed by atoms with E-state index in [0.717, 1.165) is 5.76 Å². The Morgan fingerprint density at radius 3 is 3.00 bits per heavy atom. The molecule has 0 radical (unpaired) electrons. The van der Waals surface area contributed by atoms with Crippen LogP contribution in [0, 0.1) is 6.92 Å². The van der Waals surface area contributed by atoms with Gasteiger partial charge < -0.3 is 15.5 Å². The fourth-order valence-electron chi connectivity index (χ4n) is 1.12. The Balaban J connectivity index is 1.99. The van der Waals surface area contributed by atoms with E-state index >= 15 is 0 Å². The molecule has 2 aromatic heterocycles. The smallest absolute Gasteiger partial charge is 0.221 e. The Morgan fingerprint density at radius 1 is 1.47 bits per heavy atom. The minimum atomic E-state index is 0.239. The second-order valence-corrected chi connectivity index (χ2v) is 3.02. The van der Waals surface area contributed by atoms with Crippen molar-refractivity contribution in [1.29, 1.82) is 0 Å². The molecule has 2 heterocycles. The highest BCUT2D eigenvalue weighted by Gasteiger charge is 2.00. The van der Waals surface area contributed by atoms with Crippen LogP contribution in [0.15, 0.2) is 22.9 Å². The van der Waals surface area contributed by atoms with Crippen molar-refractivity contribution in [3.05, 3.63) is 30.1 Å². The van der Waals surface area contributed by atoms with E-state index in [1.807, 2.05) is 6.92 Å². The summed E-state index contributed by atoms with van der Waals surface area (Å²) in [5, 5.41) is 3.03. The Labute approximate surface area is 86.6 Å². The molecular formula is C9H11N5O. The third-order valence-corrected chi connectivity index (χ3v) is 1.76. The monoisotopic (exact) mass is 205 g/mol. The summed E-state index contributed by atoms with van der Waals surface area (Å²) in [6.45, 7) is 2.32. The summed E-state index contributed by atoms with van der Waals surface area (Å²) in [7, 11) is 0. The van der Waals surface area contributed by atoms with Gasteiger partial charge in [0, 0.05) is 6.20 Å². The van der Waals surface area contributed by atoms with Gasteiger partial charge in [-0.15, -0.1) is 0 Å². The Morgan fingerprint density at radius 2 is 2.33 bits per heavy atom. The van der Waals surface area contributed by atoms with Gasteiger partial charge in [-0.1, -0.05) is 0 Å². The summed E-state index contributed by atoms with van der Waals surface area (Å²) in [5.74, 6) is 2.29. The van der Waals surface area contributed by atoms with Crippen LogP contribution in [-0.4, -0.2) is 15.0 Å². The summed E-state index contributed by atoms with van der Waals surface area (Å²) in [6.07, 6.45) is 3.26. The molecule has 0 aliphatic carbocycles. The van der Waals surface area contributed by atoms with Crippen molar-refractivity contribution >= 4 is 11.8 Å². The predicted molar refractivity (Wildman–Crippen MR) is 55.0 cm³/mol. The first-order valence-corrected chi connectivity index (χ1v) is 4.48. The van der Waals surface area contributed by atoms with Gasteiger partial charge in [-0.3, -0.25) is 0 Å². The van der Waals surface area contributed by atoms with Crippen molar-refractivity contribution in [3.8, 4) is 0 Å². The molecule has 0 atom stereocenters. The van der Waals surface area contributed by atoms with Crippen molar-refractivity contribution in [2.24, 2.45) is 0 Å². The maximum absolute atomic E-state index is 5.43. The number of nitrogens with zero attached hydrogens (tertiary/aromatic N) is 3. The van der Waals surface area contributed by atoms with Gasteiger partial charge in [0.15, 0.2) is 0 Å². The highest BCUT2D eigenvalue weighted by Crippen LogP contribution is 2.06. The molecule has 6 heteroatoms. The molecule has 2 aromatic rings. The molecule has 6 nitrogen and oxygen atoms in total. The summed E-state index contributed by atoms with van der Waals surface area (Å²) in [6, 6.07) is 1.73. The summed E-state index contributed by atoms with van der Waals surface area (Å²) >= 11 is 0. The largest absolute Gasteiger partial charge is 0.444 e. The van der Waals surface area contributed by atoms with Crippen LogP contribution in [-0.2, 0) is 6.54 Å². The van der Waals surface area contributed by atoms with Gasteiger partial charge in [0.1, 0.15) is 11.6 Å². The number of aromatic nitrogens is 3. The minimum Gasteiger partial charge on any atom is -0.444 e. The molecule has 0 aromatic carbocycles. The molecule has 0 amide bonds. The van der Waals surface area contributed by atoms with Crippen LogP contribution in [0.25, 0.3) is 0 Å². The molecule has 0 saturated heterocycles. The van der Waals surface area contributed by atoms with Gasteiger partial charge in [0.05, 0.1) is 12.7 Å². The van der Waals surface area contributed by atoms with E-state index in [2.05, 4.69) is 20.3 Å². The summed E-state index contributed by atoms with van der Waals surface area (Å²) in [4.78, 5) is 11.8. The van der Waals surface area contributed by atoms with Crippen LogP contribution < -0.4 is 11.1 Å². The second-order valence-electron chi connectivity index (χ2n) is 3.02. The average Bonchev–Trinajstić information content (AvgIpc) is 2.62. The number of nitrogens with two attached hydrogens (primary N) is 1. The van der Waals surface area contributed by atoms with Crippen LogP contribution >= 0.6 is 0 Å². The van der Waals surface area contributed by atoms with Gasteiger partial charge in [0.2, 0.25) is 11.8 Å². The van der Waals surface area contributed by atoms with E-state index in [0.29, 0.717) is 18.3 Å². The third kappa shape index (κ3) is 2.43. The van der Waals surface area contributed by atoms with Crippen molar-refractivity contribution < 1.29 is 4.42 Å². The fraction of sp³-hybridized carbons (Fsp3) is 0.222. The maximum Gasteiger partial charge on any atom is 0.221 e. The van der Waals surface area contributed by atoms with E-state index in [9.17, 15) is 0 Å². The first-order chi connectivity index (χ1) is 7.24. The Hall–Kier alpha value is -2.11. The van der Waals surface area contributed by atoms with E-state index in [-0.39, 0.29) is 5.95 Å². The number of nitrogens with one attached hydrogen (secondary N) is 1. The first-order valence-electron chi connectivity index (χ1n) is 4.48. The van der Waals surface area contributed by atoms with Gasteiger partial charge in [0.25, 0.3) is 0 Å². The van der Waals surface area contributed by atoms with E-state index in [1.165, 1.54) is 0 Å². The zero-order chi connectivity index (χ0) is 10.7. The molecule has 3 N–H and O–H groups in total. The lowest BCUT2D eigenvalue weighted by atomic mass is 10.5. The number of nitrogen functional groups attached to an aromatic ring is 1. The molecular weight excluding hydrogens is 194 g/mol. The molecule has 0 aliphatic rings. The molecule has 0 saturated carbocycles. The fourth-order valence-corrected chi connectivity index (χ4v) is 1.12. The predicted octanol–water partition coefficient (Wildman–Crippen LogP) is 0.967. The molecule has 0 bridgehead atoms. The lowest BCUT2D eigenvalue weighted by Gasteiger charge is -2.02. The van der Waals surface area contributed by atoms with Gasteiger partial charge in [-0.25, -0.2) is 9.97 Å². The first kappa shape index (κ1) is 9.45. The molecule has 0 fully saturated rings. The second kappa shape index (κ2) is 3.95. The van der Waals surface area contributed by atoms with Crippen LogP contribution in [0.3, 0.4) is 0 Å². The lowest BCUT2D eigenvalue weighted by molar-refractivity contribution is 0.479. The van der Waals surface area contributed by atoms with E-state index in [4.69, 9.17) is 10.2 Å². The van der Waals surface area contributed by atoms with Crippen LogP contribution in [0.4, 0.5) is 11.8 Å². The van der Waals surface area contributed by atoms with E-state index in [1.54, 1.807) is 18.5 Å². The van der Waals surface area contributed by atoms with Crippen molar-refractivity contribution in [2.45, 2.75) is 13.5 Å². The zero-order valence-electron chi connectivity index (χ0n) is 8.27. The number of oxazole rings is 1. The topological polar surface area (TPSA) is 89.9 Å². The standard InChI is InChI=1S/C9H11N5O/c1-6-4-13-8(15-6)5-12-7-2-3-11-9(10)14-7/h2-4H,5H2,1H3,(H3,10,11,12,14). The summed E-state index contributed by atoms with van der Waals surface area (Å²) < 4.78 is 5.29. The maximum atomic E-state index is 5.43. The third-order valence-electron chi connectivity index (χ3n) is 1.76. The number of hydrogen-bond donors (Lipinski definition) is 2. The Bertz CT molecular complexity index is 453. The van der Waals surface area contributed by atoms with Crippen LogP contribution in [0.2, 0.25) is 0 Å². The molecule has 0 unspecified atom stereocenters. The molecule has 15 heavy (non-hydrogen) atoms. The highest BCUT2D eigenvalue weighted by atomic mass is 16.4. The Kier molecular flexibility index (Phi) is 2.49. The number of aryl methyl sites for hydroxylation is 1. The summed E-state index contributed by atoms with van der Waals surface area (Å²) in [5.41, 5.74) is 5.43. The van der Waals surface area contributed by atoms with E-state index < -0.39 is 0 Å². The van der Waals surface area contributed by atoms with Gasteiger partial charge >= 0.3 is 0 Å². The zero-order valence-corrected chi connectivity index (χ0v) is 8.27. The lowest BCUT2D eigenvalue weighted by Crippen LogP contribution is -2.03. The van der Waals surface area contributed by atoms with Crippen LogP contribution in [0.5, 0.6) is 0 Å². The molecule has 2 rings (SSSR count). The van der Waals surface area contributed by atoms with Gasteiger partial charge in [-0.05, 0) is 13.0 Å². The average molecular weight is 205 g/mol. The number of rotatable bonds is 3. The SMILES string of the molecule is Cc1cnc(CNc2ccnc(N)n2)o1. The van der Waals surface area contributed by atoms with Gasteiger partial charge in [-0.2, -0.15) is 4.98 Å². The number of hydrogen-bond acceptors (Lipinski definition) is 6. The minimum absolute atomic E-state index is 0.239. The molecule has 0 spiro atoms. The van der Waals surface area contributed by atoms with Crippen molar-refractivity contribution in [3.63, 3.8) is 0 Å². The van der Waals surface area contributed by atoms with Crippen LogP contribution in [0.1, 0.15) is 11.7 Å². The normalized spacial score (nSPS) is 10.2. The molecule has 78 valence electrons. The quantitative estimate of drug-likeness (QED) is 0.775. The van der Waals surface area contributed by atoms with Crippen molar-refractivity contribution in [1.82, 2.24) is 15.0 Å².